The molecule has 0 saturated heterocycles. The molecule has 0 spiro atoms. The molecule has 2 aromatic rings. The second-order valence-electron chi connectivity index (χ2n) is 5.68. The van der Waals surface area contributed by atoms with Gasteiger partial charge in [-0.1, -0.05) is 44.2 Å². The van der Waals surface area contributed by atoms with Crippen LogP contribution in [0.3, 0.4) is 0 Å². The summed E-state index contributed by atoms with van der Waals surface area (Å²) in [6.07, 6.45) is -1.23. The van der Waals surface area contributed by atoms with Gasteiger partial charge in [0.25, 0.3) is 5.91 Å². The minimum absolute atomic E-state index is 0.135. The summed E-state index contributed by atoms with van der Waals surface area (Å²) < 4.78 is 0. The molecule has 3 N–H and O–H groups in total. The Morgan fingerprint density at radius 3 is 2.36 bits per heavy atom. The third-order valence-electron chi connectivity index (χ3n) is 3.62. The van der Waals surface area contributed by atoms with Crippen LogP contribution in [0.25, 0.3) is 0 Å². The zero-order valence-corrected chi connectivity index (χ0v) is 13.0. The smallest absolute Gasteiger partial charge is 0.257 e. The van der Waals surface area contributed by atoms with Crippen molar-refractivity contribution in [3.8, 4) is 5.75 Å². The summed E-state index contributed by atoms with van der Waals surface area (Å²) in [6, 6.07) is 12.2. The molecule has 0 aromatic heterocycles. The van der Waals surface area contributed by atoms with Crippen molar-refractivity contribution in [2.45, 2.75) is 32.8 Å². The first-order chi connectivity index (χ1) is 10.4. The van der Waals surface area contributed by atoms with Gasteiger partial charge in [-0.25, -0.2) is 0 Å². The lowest BCUT2D eigenvalue weighted by atomic mass is 9.99. The monoisotopic (exact) mass is 299 g/mol. The highest BCUT2D eigenvalue weighted by Crippen LogP contribution is 2.31. The Hall–Kier alpha value is -2.33. The van der Waals surface area contributed by atoms with Gasteiger partial charge in [-0.2, -0.15) is 0 Å². The lowest BCUT2D eigenvalue weighted by molar-refractivity contribution is -0.124. The molecule has 116 valence electrons. The summed E-state index contributed by atoms with van der Waals surface area (Å²) in [5, 5.41) is 22.8. The summed E-state index contributed by atoms with van der Waals surface area (Å²) in [4.78, 5) is 12.2. The van der Waals surface area contributed by atoms with E-state index in [1.807, 2.05) is 19.9 Å². The van der Waals surface area contributed by atoms with Crippen molar-refractivity contribution in [3.63, 3.8) is 0 Å². The molecule has 0 unspecified atom stereocenters. The van der Waals surface area contributed by atoms with Crippen LogP contribution in [0.1, 0.15) is 42.6 Å². The average molecular weight is 299 g/mol. The van der Waals surface area contributed by atoms with E-state index < -0.39 is 12.0 Å². The summed E-state index contributed by atoms with van der Waals surface area (Å²) in [6.45, 7) is 5.73. The lowest BCUT2D eigenvalue weighted by Crippen LogP contribution is -2.21. The highest BCUT2D eigenvalue weighted by atomic mass is 16.3. The Morgan fingerprint density at radius 2 is 1.77 bits per heavy atom. The number of nitrogens with one attached hydrogen (secondary N) is 1. The molecule has 0 heterocycles. The fraction of sp³-hybridized carbons (Fsp3) is 0.278. The lowest BCUT2D eigenvalue weighted by Gasteiger charge is -2.16. The maximum Gasteiger partial charge on any atom is 0.257 e. The van der Waals surface area contributed by atoms with E-state index >= 15 is 0 Å². The Labute approximate surface area is 130 Å². The number of aryl methyl sites for hydroxylation is 1. The van der Waals surface area contributed by atoms with Gasteiger partial charge in [0, 0.05) is 5.69 Å². The molecule has 1 amide bonds. The van der Waals surface area contributed by atoms with Crippen LogP contribution in [0.4, 0.5) is 5.69 Å². The van der Waals surface area contributed by atoms with E-state index in [0.29, 0.717) is 11.3 Å². The van der Waals surface area contributed by atoms with Gasteiger partial charge >= 0.3 is 0 Å². The maximum absolute atomic E-state index is 12.2. The molecule has 1 atom stereocenters. The zero-order valence-electron chi connectivity index (χ0n) is 13.0. The van der Waals surface area contributed by atoms with Crippen LogP contribution >= 0.6 is 0 Å². The normalized spacial score (nSPS) is 12.2. The minimum Gasteiger partial charge on any atom is -0.508 e. The van der Waals surface area contributed by atoms with Crippen LogP contribution in [0, 0.1) is 6.92 Å². The van der Waals surface area contributed by atoms with Gasteiger partial charge in [0.1, 0.15) is 5.75 Å². The van der Waals surface area contributed by atoms with Crippen LogP contribution in [-0.2, 0) is 4.79 Å². The van der Waals surface area contributed by atoms with Crippen molar-refractivity contribution in [3.05, 3.63) is 59.2 Å². The molecule has 0 saturated carbocycles. The van der Waals surface area contributed by atoms with Crippen LogP contribution in [-0.4, -0.2) is 16.1 Å². The van der Waals surface area contributed by atoms with Gasteiger partial charge in [0.2, 0.25) is 0 Å². The number of carbonyl (C=O) groups excluding carboxylic acids is 1. The second-order valence-corrected chi connectivity index (χ2v) is 5.68. The van der Waals surface area contributed by atoms with Crippen molar-refractivity contribution < 1.29 is 15.0 Å². The molecule has 22 heavy (non-hydrogen) atoms. The van der Waals surface area contributed by atoms with Gasteiger partial charge < -0.3 is 15.5 Å². The van der Waals surface area contributed by atoms with Crippen molar-refractivity contribution in [2.24, 2.45) is 0 Å². The zero-order chi connectivity index (χ0) is 16.3. The molecule has 4 heteroatoms. The van der Waals surface area contributed by atoms with Crippen molar-refractivity contribution in [1.29, 1.82) is 0 Å². The molecular weight excluding hydrogens is 278 g/mol. The number of aliphatic hydroxyl groups excluding tert-OH is 1. The number of benzene rings is 2. The first-order valence-corrected chi connectivity index (χ1v) is 7.27. The van der Waals surface area contributed by atoms with Crippen LogP contribution in [0.2, 0.25) is 0 Å². The van der Waals surface area contributed by atoms with Gasteiger partial charge in [-0.3, -0.25) is 4.79 Å². The molecule has 0 bridgehead atoms. The fourth-order valence-corrected chi connectivity index (χ4v) is 2.29. The predicted molar refractivity (Wildman–Crippen MR) is 87.0 cm³/mol. The molecule has 0 aliphatic carbocycles. The third kappa shape index (κ3) is 3.46. The minimum atomic E-state index is -1.23. The highest BCUT2D eigenvalue weighted by molar-refractivity contribution is 5.95. The molecule has 4 nitrogen and oxygen atoms in total. The molecule has 0 aliphatic rings. The number of aromatic hydroxyl groups is 1. The quantitative estimate of drug-likeness (QED) is 0.757. The number of aliphatic hydroxyl groups is 1. The van der Waals surface area contributed by atoms with Crippen LogP contribution < -0.4 is 5.32 Å². The molecule has 0 aliphatic heterocycles. The Balaban J connectivity index is 2.23. The predicted octanol–water partition coefficient (Wildman–Crippen LogP) is 3.50. The Kier molecular flexibility index (Phi) is 4.83. The third-order valence-corrected chi connectivity index (χ3v) is 3.62. The average Bonchev–Trinajstić information content (AvgIpc) is 2.49. The Morgan fingerprint density at radius 1 is 1.14 bits per heavy atom. The first-order valence-electron chi connectivity index (χ1n) is 7.27. The van der Waals surface area contributed by atoms with Crippen LogP contribution in [0.15, 0.2) is 42.5 Å². The number of carbonyl (C=O) groups is 1. The van der Waals surface area contributed by atoms with E-state index in [2.05, 4.69) is 5.32 Å². The molecule has 0 fully saturated rings. The molecular formula is C18H21NO3. The van der Waals surface area contributed by atoms with Gasteiger partial charge in [-0.15, -0.1) is 0 Å². The number of phenols is 1. The van der Waals surface area contributed by atoms with E-state index in [-0.39, 0.29) is 11.7 Å². The van der Waals surface area contributed by atoms with E-state index in [9.17, 15) is 15.0 Å². The van der Waals surface area contributed by atoms with Crippen molar-refractivity contribution >= 4 is 11.6 Å². The SMILES string of the molecule is Cc1cc(O)c(C(C)C)cc1NC(=O)[C@H](O)c1ccccc1. The second kappa shape index (κ2) is 6.62. The summed E-state index contributed by atoms with van der Waals surface area (Å²) in [5.41, 5.74) is 2.65. The molecule has 0 radical (unpaired) electrons. The summed E-state index contributed by atoms with van der Waals surface area (Å²) >= 11 is 0. The van der Waals surface area contributed by atoms with E-state index in [0.717, 1.165) is 11.1 Å². The number of hydrogen-bond donors (Lipinski definition) is 3. The summed E-state index contributed by atoms with van der Waals surface area (Å²) in [7, 11) is 0. The van der Waals surface area contributed by atoms with Crippen LogP contribution in [0.5, 0.6) is 5.75 Å². The van der Waals surface area contributed by atoms with Gasteiger partial charge in [0.05, 0.1) is 0 Å². The van der Waals surface area contributed by atoms with E-state index in [4.69, 9.17) is 0 Å². The van der Waals surface area contributed by atoms with Crippen molar-refractivity contribution in [1.82, 2.24) is 0 Å². The van der Waals surface area contributed by atoms with Crippen molar-refractivity contribution in [2.75, 3.05) is 5.32 Å². The summed E-state index contributed by atoms with van der Waals surface area (Å²) in [5.74, 6) is -0.140. The van der Waals surface area contributed by atoms with E-state index in [1.54, 1.807) is 43.3 Å². The van der Waals surface area contributed by atoms with Gasteiger partial charge in [-0.05, 0) is 41.7 Å². The van der Waals surface area contributed by atoms with E-state index in [1.165, 1.54) is 0 Å². The number of hydrogen-bond acceptors (Lipinski definition) is 3. The molecule has 2 aromatic carbocycles. The topological polar surface area (TPSA) is 69.6 Å². The number of anilines is 1. The molecule has 2 rings (SSSR count). The number of phenolic OH excluding ortho intramolecular Hbond substituents is 1. The maximum atomic E-state index is 12.2. The first kappa shape index (κ1) is 16.0. The largest absolute Gasteiger partial charge is 0.508 e. The number of rotatable bonds is 4. The van der Waals surface area contributed by atoms with Gasteiger partial charge in [0.15, 0.2) is 6.10 Å². The highest BCUT2D eigenvalue weighted by Gasteiger charge is 2.19. The standard InChI is InChI=1S/C18H21NO3/c1-11(2)14-10-15(12(3)9-16(14)20)19-18(22)17(21)13-7-5-4-6-8-13/h4-11,17,20-21H,1-3H3,(H,19,22)/t17-/m1/s1. The number of amides is 1. The fourth-order valence-electron chi connectivity index (χ4n) is 2.29. The Bertz CT molecular complexity index is 666.